The minimum atomic E-state index is -1.50. The Morgan fingerprint density at radius 2 is 1.73 bits per heavy atom. The maximum absolute atomic E-state index is 12.2. The Labute approximate surface area is 189 Å². The number of methoxy groups -OCH3 is 1. The lowest BCUT2D eigenvalue weighted by atomic mass is 9.91. The maximum Gasteiger partial charge on any atom is 0.372 e. The van der Waals surface area contributed by atoms with Crippen LogP contribution in [0.3, 0.4) is 0 Å². The maximum atomic E-state index is 12.2. The second kappa shape index (κ2) is 12.3. The summed E-state index contributed by atoms with van der Waals surface area (Å²) in [5, 5.41) is 3.63. The molecule has 1 aliphatic heterocycles. The first-order valence-electron chi connectivity index (χ1n) is 9.65. The number of esters is 4. The number of azide groups is 1. The second-order valence-corrected chi connectivity index (χ2v) is 6.95. The van der Waals surface area contributed by atoms with Crippen molar-refractivity contribution in [3.05, 3.63) is 22.3 Å². The molecule has 5 atom stereocenters. The summed E-state index contributed by atoms with van der Waals surface area (Å²) in [5.41, 5.74) is 9.04. The fourth-order valence-electron chi connectivity index (χ4n) is 3.16. The third-order valence-electron chi connectivity index (χ3n) is 4.55. The summed E-state index contributed by atoms with van der Waals surface area (Å²) in [4.78, 5) is 63.3. The number of carbonyl (C=O) groups is 5. The molecule has 0 radical (unpaired) electrons. The molecule has 0 N–H and O–H groups in total. The van der Waals surface area contributed by atoms with Gasteiger partial charge in [0.2, 0.25) is 11.7 Å². The number of ether oxygens (including phenoxy) is 5. The molecule has 1 heterocycles. The van der Waals surface area contributed by atoms with Crippen LogP contribution in [0.1, 0.15) is 27.7 Å². The average molecular weight is 470 g/mol. The Hall–Kier alpha value is -3.80. The molecule has 0 saturated carbocycles. The zero-order valence-electron chi connectivity index (χ0n) is 19.0. The highest BCUT2D eigenvalue weighted by Crippen LogP contribution is 2.30. The van der Waals surface area contributed by atoms with Crippen LogP contribution in [0.2, 0.25) is 0 Å². The van der Waals surface area contributed by atoms with Gasteiger partial charge in [-0.3, -0.25) is 19.2 Å². The van der Waals surface area contributed by atoms with Gasteiger partial charge in [0.15, 0.2) is 18.3 Å². The van der Waals surface area contributed by atoms with Crippen LogP contribution in [0.5, 0.6) is 0 Å². The van der Waals surface area contributed by atoms with Crippen molar-refractivity contribution in [1.82, 2.24) is 4.90 Å². The first-order valence-corrected chi connectivity index (χ1v) is 9.65. The number of carbonyl (C=O) groups excluding carboxylic acids is 5. The van der Waals surface area contributed by atoms with E-state index < -0.39 is 66.8 Å². The molecule has 1 rings (SSSR count). The van der Waals surface area contributed by atoms with Crippen molar-refractivity contribution >= 4 is 29.8 Å². The summed E-state index contributed by atoms with van der Waals surface area (Å²) >= 11 is 0. The summed E-state index contributed by atoms with van der Waals surface area (Å²) in [5.74, 6) is -4.15. The van der Waals surface area contributed by atoms with Gasteiger partial charge in [0.05, 0.1) is 19.2 Å². The van der Waals surface area contributed by atoms with Gasteiger partial charge in [0.25, 0.3) is 0 Å². The fraction of sp³-hybridized carbons (Fsp3) is 0.632. The van der Waals surface area contributed by atoms with Crippen LogP contribution in [0.15, 0.2) is 16.9 Å². The Morgan fingerprint density at radius 3 is 2.18 bits per heavy atom. The average Bonchev–Trinajstić information content (AvgIpc) is 2.73. The monoisotopic (exact) mass is 470 g/mol. The van der Waals surface area contributed by atoms with Gasteiger partial charge in [-0.2, -0.15) is 0 Å². The van der Waals surface area contributed by atoms with Crippen LogP contribution < -0.4 is 0 Å². The summed E-state index contributed by atoms with van der Waals surface area (Å²) in [6, 6.07) is -2.28. The zero-order valence-corrected chi connectivity index (χ0v) is 19.0. The molecule has 0 aromatic heterocycles. The quantitative estimate of drug-likeness (QED) is 0.150. The number of hydrogen-bond acceptors (Lipinski definition) is 11. The smallest absolute Gasteiger partial charge is 0.372 e. The van der Waals surface area contributed by atoms with E-state index in [1.165, 1.54) is 14.0 Å². The largest absolute Gasteiger partial charge is 0.477 e. The third-order valence-corrected chi connectivity index (χ3v) is 4.55. The minimum Gasteiger partial charge on any atom is -0.477 e. The topological polar surface area (TPSA) is 183 Å². The van der Waals surface area contributed by atoms with Gasteiger partial charge in [-0.25, -0.2) is 4.79 Å². The van der Waals surface area contributed by atoms with Crippen LogP contribution in [0, 0.1) is 0 Å². The van der Waals surface area contributed by atoms with Crippen molar-refractivity contribution in [2.24, 2.45) is 5.11 Å². The van der Waals surface area contributed by atoms with E-state index in [0.717, 1.165) is 38.9 Å². The van der Waals surface area contributed by atoms with E-state index in [1.54, 1.807) is 0 Å². The van der Waals surface area contributed by atoms with Crippen LogP contribution in [0.25, 0.3) is 10.4 Å². The molecule has 0 saturated heterocycles. The normalized spacial score (nSPS) is 21.0. The fourth-order valence-corrected chi connectivity index (χ4v) is 3.16. The van der Waals surface area contributed by atoms with E-state index >= 15 is 0 Å². The van der Waals surface area contributed by atoms with Gasteiger partial charge >= 0.3 is 23.9 Å². The highest BCUT2D eigenvalue weighted by molar-refractivity contribution is 5.86. The Kier molecular flexibility index (Phi) is 10.1. The highest BCUT2D eigenvalue weighted by Gasteiger charge is 2.49. The van der Waals surface area contributed by atoms with E-state index in [2.05, 4.69) is 14.8 Å². The van der Waals surface area contributed by atoms with Gasteiger partial charge in [-0.05, 0) is 11.6 Å². The SMILES string of the molecule is COC(=O)C1=C[C@H](N=[N+]=[N-])[C@@H](N(C)C(C)=O)[C@H]([C@@H](OC(C)=O)[C@H](COC(C)=O)OC(C)=O)O1. The Balaban J connectivity index is 3.68. The molecule has 14 heteroatoms. The van der Waals surface area contributed by atoms with Crippen molar-refractivity contribution in [3.8, 4) is 0 Å². The number of hydrogen-bond donors (Lipinski definition) is 0. The first-order chi connectivity index (χ1) is 15.4. The third kappa shape index (κ3) is 7.68. The summed E-state index contributed by atoms with van der Waals surface area (Å²) < 4.78 is 25.9. The molecule has 0 aromatic rings. The second-order valence-electron chi connectivity index (χ2n) is 6.95. The molecule has 0 bridgehead atoms. The molecule has 0 fully saturated rings. The van der Waals surface area contributed by atoms with Crippen molar-refractivity contribution in [2.75, 3.05) is 20.8 Å². The van der Waals surface area contributed by atoms with Gasteiger partial charge in [0, 0.05) is 39.7 Å². The molecular weight excluding hydrogens is 444 g/mol. The molecular formula is C19H26N4O10. The summed E-state index contributed by atoms with van der Waals surface area (Å²) in [6.07, 6.45) is -3.14. The highest BCUT2D eigenvalue weighted by atomic mass is 16.6. The van der Waals surface area contributed by atoms with Crippen LogP contribution >= 0.6 is 0 Å². The van der Waals surface area contributed by atoms with Crippen molar-refractivity contribution in [1.29, 1.82) is 0 Å². The number of amides is 1. The number of likely N-dealkylation sites (N-methyl/N-ethyl adjacent to an activating group) is 1. The van der Waals surface area contributed by atoms with Crippen LogP contribution in [-0.4, -0.2) is 85.8 Å². The van der Waals surface area contributed by atoms with Crippen molar-refractivity contribution < 1.29 is 47.7 Å². The molecule has 0 aliphatic carbocycles. The molecule has 1 aliphatic rings. The number of rotatable bonds is 9. The van der Waals surface area contributed by atoms with E-state index in [4.69, 9.17) is 24.5 Å². The first kappa shape index (κ1) is 27.2. The number of nitrogens with zero attached hydrogens (tertiary/aromatic N) is 4. The standard InChI is InChI=1S/C19H26N4O10/c1-9(24)23(5)16-13(21-22-20)7-14(19(28)29-6)33-18(16)17(32-12(4)27)15(31-11(3)26)8-30-10(2)25/h7,13,15-18H,8H2,1-6H3/t13-,15-,16+,17-,18+/m0/s1. The Morgan fingerprint density at radius 1 is 1.12 bits per heavy atom. The van der Waals surface area contributed by atoms with Gasteiger partial charge in [-0.1, -0.05) is 5.11 Å². The van der Waals surface area contributed by atoms with Gasteiger partial charge in [-0.15, -0.1) is 0 Å². The van der Waals surface area contributed by atoms with E-state index in [0.29, 0.717) is 0 Å². The van der Waals surface area contributed by atoms with Gasteiger partial charge < -0.3 is 28.6 Å². The van der Waals surface area contributed by atoms with Crippen LogP contribution in [-0.2, 0) is 47.7 Å². The Bertz CT molecular complexity index is 867. The van der Waals surface area contributed by atoms with E-state index in [-0.39, 0.29) is 5.76 Å². The van der Waals surface area contributed by atoms with Crippen molar-refractivity contribution in [3.63, 3.8) is 0 Å². The molecule has 14 nitrogen and oxygen atoms in total. The molecule has 0 unspecified atom stereocenters. The zero-order chi connectivity index (χ0) is 25.3. The van der Waals surface area contributed by atoms with Crippen molar-refractivity contribution in [2.45, 2.75) is 58.1 Å². The van der Waals surface area contributed by atoms with Crippen LogP contribution in [0.4, 0.5) is 0 Å². The molecule has 1 amide bonds. The predicted octanol–water partition coefficient (Wildman–Crippen LogP) is 0.394. The lowest BCUT2D eigenvalue weighted by Gasteiger charge is -2.43. The lowest BCUT2D eigenvalue weighted by Crippen LogP contribution is -2.61. The predicted molar refractivity (Wildman–Crippen MR) is 108 cm³/mol. The molecule has 0 spiro atoms. The molecule has 33 heavy (non-hydrogen) atoms. The van der Waals surface area contributed by atoms with Gasteiger partial charge in [0.1, 0.15) is 6.61 Å². The van der Waals surface area contributed by atoms with E-state index in [9.17, 15) is 24.0 Å². The minimum absolute atomic E-state index is 0.390. The van der Waals surface area contributed by atoms with E-state index in [1.807, 2.05) is 0 Å². The molecule has 0 aromatic carbocycles. The summed E-state index contributed by atoms with van der Waals surface area (Å²) in [6.45, 7) is 3.96. The summed E-state index contributed by atoms with van der Waals surface area (Å²) in [7, 11) is 2.46. The molecule has 182 valence electrons. The lowest BCUT2D eigenvalue weighted by molar-refractivity contribution is -0.191.